The van der Waals surface area contributed by atoms with E-state index in [0.717, 1.165) is 10.8 Å². The Hall–Kier alpha value is -2.66. The first-order valence-corrected chi connectivity index (χ1v) is 11.7. The number of nitrogens with zero attached hydrogens (tertiary/aromatic N) is 3. The molecule has 0 spiro atoms. The number of hydrogen-bond donors (Lipinski definition) is 1. The summed E-state index contributed by atoms with van der Waals surface area (Å²) in [6, 6.07) is 17.8. The summed E-state index contributed by atoms with van der Waals surface area (Å²) < 4.78 is 2.40. The van der Waals surface area contributed by atoms with E-state index in [-0.39, 0.29) is 12.1 Å². The molecule has 0 bridgehead atoms. The number of rotatable bonds is 4. The molecule has 2 aliphatic rings. The molecule has 5 rings (SSSR count). The molecule has 1 saturated carbocycles. The fraction of sp³-hybridized carbons (Fsp3) is 0.385. The van der Waals surface area contributed by atoms with Gasteiger partial charge in [-0.1, -0.05) is 37.1 Å². The Balaban J connectivity index is 1.65. The van der Waals surface area contributed by atoms with Crippen LogP contribution in [0.5, 0.6) is 0 Å². The molecule has 2 atom stereocenters. The van der Waals surface area contributed by atoms with E-state index < -0.39 is 0 Å². The molecule has 0 radical (unpaired) electrons. The minimum atomic E-state index is 0.0557. The third kappa shape index (κ3) is 3.45. The van der Waals surface area contributed by atoms with E-state index in [4.69, 9.17) is 17.2 Å². The second kappa shape index (κ2) is 8.12. The maximum atomic E-state index is 5.91. The van der Waals surface area contributed by atoms with E-state index in [1.807, 2.05) is 12.3 Å². The molecule has 2 aromatic heterocycles. The van der Waals surface area contributed by atoms with Crippen molar-refractivity contribution in [3.63, 3.8) is 0 Å². The Morgan fingerprint density at radius 1 is 1.00 bits per heavy atom. The first-order valence-electron chi connectivity index (χ1n) is 11.3. The van der Waals surface area contributed by atoms with Crippen LogP contribution in [0.15, 0.2) is 54.7 Å². The average molecular weight is 431 g/mol. The Morgan fingerprint density at radius 3 is 2.45 bits per heavy atom. The molecule has 3 heterocycles. The Kier molecular flexibility index (Phi) is 5.30. The lowest BCUT2D eigenvalue weighted by Crippen LogP contribution is -2.37. The third-order valence-corrected chi connectivity index (χ3v) is 7.33. The Labute approximate surface area is 190 Å². The standard InChI is InChI=1S/C26H30N4S/c1-17-10-4-7-14-23(17)29-18(2)16-21(19(29)3)25-24(22-13-8-9-15-27-22)28-26(31)30(25)20-11-5-6-12-20/h4,7-10,13-16,20,24-25H,5-6,11-12H2,1-3H3,(H,28,31)/t24-,25-/m0/s1. The summed E-state index contributed by atoms with van der Waals surface area (Å²) in [4.78, 5) is 7.20. The predicted molar refractivity (Wildman–Crippen MR) is 130 cm³/mol. The molecule has 1 N–H and O–H groups in total. The highest BCUT2D eigenvalue weighted by molar-refractivity contribution is 7.80. The topological polar surface area (TPSA) is 33.1 Å². The smallest absolute Gasteiger partial charge is 0.170 e. The second-order valence-electron chi connectivity index (χ2n) is 8.92. The summed E-state index contributed by atoms with van der Waals surface area (Å²) in [6.45, 7) is 6.64. The number of hydrogen-bond acceptors (Lipinski definition) is 2. The summed E-state index contributed by atoms with van der Waals surface area (Å²) in [7, 11) is 0. The highest BCUT2D eigenvalue weighted by Crippen LogP contribution is 2.44. The number of aromatic nitrogens is 2. The van der Waals surface area contributed by atoms with Crippen LogP contribution >= 0.6 is 12.2 Å². The van der Waals surface area contributed by atoms with Gasteiger partial charge < -0.3 is 14.8 Å². The molecule has 5 heteroatoms. The first kappa shape index (κ1) is 20.3. The summed E-state index contributed by atoms with van der Waals surface area (Å²) >= 11 is 5.91. The zero-order valence-corrected chi connectivity index (χ0v) is 19.3. The fourth-order valence-corrected chi connectivity index (χ4v) is 5.94. The van der Waals surface area contributed by atoms with Crippen molar-refractivity contribution in [2.24, 2.45) is 0 Å². The van der Waals surface area contributed by atoms with Gasteiger partial charge in [-0.15, -0.1) is 0 Å². The molecule has 1 saturated heterocycles. The lowest BCUT2D eigenvalue weighted by molar-refractivity contribution is 0.245. The predicted octanol–water partition coefficient (Wildman–Crippen LogP) is 5.71. The molecule has 2 fully saturated rings. The van der Waals surface area contributed by atoms with Gasteiger partial charge in [0.15, 0.2) is 5.11 Å². The van der Waals surface area contributed by atoms with Crippen molar-refractivity contribution >= 4 is 17.3 Å². The molecule has 31 heavy (non-hydrogen) atoms. The van der Waals surface area contributed by atoms with Crippen molar-refractivity contribution in [3.05, 3.63) is 82.9 Å². The van der Waals surface area contributed by atoms with Gasteiger partial charge in [0.2, 0.25) is 0 Å². The van der Waals surface area contributed by atoms with Crippen LogP contribution < -0.4 is 5.32 Å². The van der Waals surface area contributed by atoms with Crippen LogP contribution in [-0.2, 0) is 0 Å². The molecule has 1 aliphatic carbocycles. The van der Waals surface area contributed by atoms with Gasteiger partial charge >= 0.3 is 0 Å². The monoisotopic (exact) mass is 430 g/mol. The molecular formula is C26H30N4S. The van der Waals surface area contributed by atoms with Gasteiger partial charge in [-0.3, -0.25) is 4.98 Å². The number of pyridine rings is 1. The normalized spacial score (nSPS) is 21.6. The zero-order chi connectivity index (χ0) is 21.5. The van der Waals surface area contributed by atoms with E-state index >= 15 is 0 Å². The van der Waals surface area contributed by atoms with Gasteiger partial charge in [-0.05, 0) is 81.2 Å². The third-order valence-electron chi connectivity index (χ3n) is 7.00. The van der Waals surface area contributed by atoms with E-state index in [2.05, 4.69) is 78.0 Å². The number of para-hydroxylation sites is 1. The van der Waals surface area contributed by atoms with Gasteiger partial charge in [0.05, 0.1) is 17.8 Å². The lowest BCUT2D eigenvalue weighted by Gasteiger charge is -2.33. The second-order valence-corrected chi connectivity index (χ2v) is 9.31. The van der Waals surface area contributed by atoms with Crippen LogP contribution in [-0.4, -0.2) is 25.6 Å². The van der Waals surface area contributed by atoms with Gasteiger partial charge in [-0.2, -0.15) is 0 Å². The quantitative estimate of drug-likeness (QED) is 0.537. The van der Waals surface area contributed by atoms with Gasteiger partial charge in [0.1, 0.15) is 0 Å². The largest absolute Gasteiger partial charge is 0.352 e. The fourth-order valence-electron chi connectivity index (χ4n) is 5.55. The van der Waals surface area contributed by atoms with Crippen LogP contribution in [0.2, 0.25) is 0 Å². The molecule has 1 aliphatic heterocycles. The highest BCUT2D eigenvalue weighted by Gasteiger charge is 2.44. The van der Waals surface area contributed by atoms with Crippen molar-refractivity contribution < 1.29 is 0 Å². The summed E-state index contributed by atoms with van der Waals surface area (Å²) in [6.07, 6.45) is 6.87. The van der Waals surface area contributed by atoms with Crippen molar-refractivity contribution in [3.8, 4) is 5.69 Å². The van der Waals surface area contributed by atoms with Gasteiger partial charge in [0.25, 0.3) is 0 Å². The molecule has 1 aromatic carbocycles. The molecular weight excluding hydrogens is 400 g/mol. The van der Waals surface area contributed by atoms with E-state index in [1.165, 1.54) is 53.9 Å². The molecule has 160 valence electrons. The summed E-state index contributed by atoms with van der Waals surface area (Å²) in [5, 5.41) is 4.51. The maximum Gasteiger partial charge on any atom is 0.170 e. The van der Waals surface area contributed by atoms with Crippen molar-refractivity contribution in [2.75, 3.05) is 0 Å². The number of thiocarbonyl (C=S) groups is 1. The first-order chi connectivity index (χ1) is 15.1. The Morgan fingerprint density at radius 2 is 1.74 bits per heavy atom. The number of benzene rings is 1. The van der Waals surface area contributed by atoms with Crippen molar-refractivity contribution in [1.29, 1.82) is 0 Å². The minimum Gasteiger partial charge on any atom is -0.352 e. The summed E-state index contributed by atoms with van der Waals surface area (Å²) in [5.41, 5.74) is 7.47. The van der Waals surface area contributed by atoms with E-state index in [0.29, 0.717) is 6.04 Å². The minimum absolute atomic E-state index is 0.0557. The zero-order valence-electron chi connectivity index (χ0n) is 18.5. The number of nitrogens with one attached hydrogen (secondary N) is 1. The van der Waals surface area contributed by atoms with Crippen LogP contribution in [0.25, 0.3) is 5.69 Å². The average Bonchev–Trinajstić information content (AvgIpc) is 3.47. The molecule has 3 aromatic rings. The van der Waals surface area contributed by atoms with Crippen LogP contribution in [0.1, 0.15) is 66.0 Å². The van der Waals surface area contributed by atoms with E-state index in [9.17, 15) is 0 Å². The SMILES string of the molecule is Cc1ccccc1-n1c(C)cc([C@H]2[C@H](c3ccccn3)NC(=S)N2C2CCCC2)c1C. The van der Waals surface area contributed by atoms with Crippen LogP contribution in [0, 0.1) is 20.8 Å². The molecule has 0 amide bonds. The van der Waals surface area contributed by atoms with Crippen molar-refractivity contribution in [2.45, 2.75) is 64.6 Å². The van der Waals surface area contributed by atoms with Gasteiger partial charge in [0, 0.05) is 29.3 Å². The van der Waals surface area contributed by atoms with Crippen LogP contribution in [0.3, 0.4) is 0 Å². The van der Waals surface area contributed by atoms with Crippen molar-refractivity contribution in [1.82, 2.24) is 19.8 Å². The maximum absolute atomic E-state index is 5.91. The van der Waals surface area contributed by atoms with Gasteiger partial charge in [-0.25, -0.2) is 0 Å². The lowest BCUT2D eigenvalue weighted by atomic mass is 9.95. The highest BCUT2D eigenvalue weighted by atomic mass is 32.1. The Bertz CT molecular complexity index is 1100. The molecule has 4 nitrogen and oxygen atoms in total. The number of aryl methyl sites for hydroxylation is 2. The molecule has 0 unspecified atom stereocenters. The van der Waals surface area contributed by atoms with E-state index in [1.54, 1.807) is 0 Å². The summed E-state index contributed by atoms with van der Waals surface area (Å²) in [5.74, 6) is 0. The van der Waals surface area contributed by atoms with Crippen LogP contribution in [0.4, 0.5) is 0 Å².